The van der Waals surface area contributed by atoms with Gasteiger partial charge in [0.1, 0.15) is 0 Å². The van der Waals surface area contributed by atoms with Crippen LogP contribution in [0.3, 0.4) is 0 Å². The zero-order valence-electron chi connectivity index (χ0n) is 17.7. The zero-order chi connectivity index (χ0) is 20.3. The fourth-order valence-corrected chi connectivity index (χ4v) is 22.1. The summed E-state index contributed by atoms with van der Waals surface area (Å²) in [5.41, 5.74) is 3.05. The molecule has 29 heavy (non-hydrogen) atoms. The summed E-state index contributed by atoms with van der Waals surface area (Å²) < 4.78 is 3.31. The van der Waals surface area contributed by atoms with Crippen molar-refractivity contribution in [2.24, 2.45) is 0 Å². The molecular weight excluding hydrogens is 409 g/mol. The molecule has 0 nitrogen and oxygen atoms in total. The maximum atomic E-state index is 2.53. The van der Waals surface area contributed by atoms with E-state index in [1.807, 2.05) is 0 Å². The van der Waals surface area contributed by atoms with Gasteiger partial charge in [0.2, 0.25) is 0 Å². The van der Waals surface area contributed by atoms with E-state index in [0.717, 1.165) is 0 Å². The summed E-state index contributed by atoms with van der Waals surface area (Å²) in [6, 6.07) is 36.7. The zero-order valence-corrected chi connectivity index (χ0v) is 19.8. The monoisotopic (exact) mass is 438 g/mol. The second kappa shape index (κ2) is 6.34. The van der Waals surface area contributed by atoms with Gasteiger partial charge >= 0.3 is 177 Å². The predicted octanol–water partition coefficient (Wildman–Crippen LogP) is 5.75. The van der Waals surface area contributed by atoms with Crippen LogP contribution in [0.25, 0.3) is 10.8 Å². The van der Waals surface area contributed by atoms with Crippen LogP contribution < -0.4 is 8.79 Å². The van der Waals surface area contributed by atoms with E-state index in [9.17, 15) is 0 Å². The Labute approximate surface area is 177 Å². The van der Waals surface area contributed by atoms with Gasteiger partial charge in [-0.05, 0) is 0 Å². The third-order valence-electron chi connectivity index (χ3n) is 7.54. The van der Waals surface area contributed by atoms with E-state index in [0.29, 0.717) is 0 Å². The summed E-state index contributed by atoms with van der Waals surface area (Å²) in [7, 11) is 0. The van der Waals surface area contributed by atoms with E-state index in [4.69, 9.17) is 0 Å². The van der Waals surface area contributed by atoms with Crippen LogP contribution in [0.5, 0.6) is 0 Å². The molecule has 4 aromatic carbocycles. The van der Waals surface area contributed by atoms with Crippen molar-refractivity contribution in [2.75, 3.05) is 0 Å². The van der Waals surface area contributed by atoms with Crippen molar-refractivity contribution in [3.63, 3.8) is 0 Å². The molecule has 0 radical (unpaired) electrons. The Balaban J connectivity index is 2.02. The normalized spacial score (nSPS) is 18.5. The summed E-state index contributed by atoms with van der Waals surface area (Å²) >= 11 is -3.06. The molecule has 0 spiro atoms. The van der Waals surface area contributed by atoms with E-state index in [-0.39, 0.29) is 8.49 Å². The molecular formula is C28H28Ge. The average molecular weight is 437 g/mol. The molecule has 1 aliphatic heterocycles. The molecule has 0 N–H and O–H groups in total. The van der Waals surface area contributed by atoms with Gasteiger partial charge in [0.15, 0.2) is 0 Å². The Morgan fingerprint density at radius 1 is 0.483 bits per heavy atom. The summed E-state index contributed by atoms with van der Waals surface area (Å²) in [5.74, 6) is 0. The molecule has 1 heterocycles. The average Bonchev–Trinajstić information content (AvgIpc) is 2.74. The molecule has 0 bridgehead atoms. The van der Waals surface area contributed by atoms with Crippen LogP contribution >= 0.6 is 0 Å². The Bertz CT molecular complexity index is 1090. The molecule has 1 aliphatic rings. The molecule has 5 rings (SSSR count). The van der Waals surface area contributed by atoms with Crippen molar-refractivity contribution in [2.45, 2.75) is 36.2 Å². The molecule has 0 atom stereocenters. The van der Waals surface area contributed by atoms with Gasteiger partial charge in [-0.3, -0.25) is 0 Å². The molecule has 0 aliphatic carbocycles. The molecule has 1 heteroatoms. The predicted molar refractivity (Wildman–Crippen MR) is 128 cm³/mol. The molecule has 0 amide bonds. The van der Waals surface area contributed by atoms with Gasteiger partial charge in [0, 0.05) is 0 Å². The second-order valence-electron chi connectivity index (χ2n) is 9.44. The summed E-state index contributed by atoms with van der Waals surface area (Å²) in [5, 5.41) is 2.86. The van der Waals surface area contributed by atoms with Gasteiger partial charge in [0.25, 0.3) is 0 Å². The van der Waals surface area contributed by atoms with E-state index in [1.54, 1.807) is 8.79 Å². The minimum absolute atomic E-state index is 0.0834. The first-order valence-corrected chi connectivity index (χ1v) is 14.8. The standard InChI is InChI=1S/C28H28Ge/c1-27(2)24-19-11-13-21-14-12-20-25(26(21)24)28(3,4)29(27,22-15-7-5-8-16-22)23-17-9-6-10-18-23/h5-20H,1-4H3. The molecule has 0 saturated heterocycles. The van der Waals surface area contributed by atoms with Gasteiger partial charge in [-0.1, -0.05) is 0 Å². The van der Waals surface area contributed by atoms with Crippen molar-refractivity contribution in [3.8, 4) is 0 Å². The van der Waals surface area contributed by atoms with Gasteiger partial charge in [-0.25, -0.2) is 0 Å². The summed E-state index contributed by atoms with van der Waals surface area (Å²) in [4.78, 5) is 0. The van der Waals surface area contributed by atoms with Crippen molar-refractivity contribution >= 4 is 32.8 Å². The van der Waals surface area contributed by atoms with Crippen molar-refractivity contribution < 1.29 is 0 Å². The molecule has 0 unspecified atom stereocenters. The molecule has 0 saturated carbocycles. The van der Waals surface area contributed by atoms with Gasteiger partial charge in [0.05, 0.1) is 0 Å². The van der Waals surface area contributed by atoms with Crippen LogP contribution in [0.15, 0.2) is 97.1 Å². The topological polar surface area (TPSA) is 0 Å². The number of rotatable bonds is 2. The first kappa shape index (κ1) is 18.7. The van der Waals surface area contributed by atoms with E-state index >= 15 is 0 Å². The molecule has 4 aromatic rings. The van der Waals surface area contributed by atoms with Crippen LogP contribution in [0, 0.1) is 0 Å². The number of hydrogen-bond acceptors (Lipinski definition) is 0. The first-order valence-electron chi connectivity index (χ1n) is 10.6. The fraction of sp³-hybridized carbons (Fsp3) is 0.214. The first-order chi connectivity index (χ1) is 13.9. The molecule has 144 valence electrons. The van der Waals surface area contributed by atoms with E-state index in [1.165, 1.54) is 21.9 Å². The van der Waals surface area contributed by atoms with E-state index in [2.05, 4.69) is 125 Å². The van der Waals surface area contributed by atoms with Crippen LogP contribution in [0.2, 0.25) is 0 Å². The third kappa shape index (κ3) is 2.27. The number of hydrogen-bond donors (Lipinski definition) is 0. The van der Waals surface area contributed by atoms with Gasteiger partial charge < -0.3 is 0 Å². The van der Waals surface area contributed by atoms with Gasteiger partial charge in [-0.2, -0.15) is 0 Å². The Morgan fingerprint density at radius 2 is 0.897 bits per heavy atom. The van der Waals surface area contributed by atoms with Crippen molar-refractivity contribution in [3.05, 3.63) is 108 Å². The summed E-state index contributed by atoms with van der Waals surface area (Å²) in [6.45, 7) is 10.1. The van der Waals surface area contributed by atoms with Crippen LogP contribution in [-0.2, 0) is 8.49 Å². The Kier molecular flexibility index (Phi) is 4.09. The minimum atomic E-state index is -3.06. The SMILES string of the molecule is C[C]1(C)c2cccc3cccc(c23)[C](C)(C)[Ge]1([c]1ccccc1)[c]1ccccc1. The van der Waals surface area contributed by atoms with Crippen LogP contribution in [0.4, 0.5) is 0 Å². The summed E-state index contributed by atoms with van der Waals surface area (Å²) in [6.07, 6.45) is 0. The Hall–Kier alpha value is -2.32. The van der Waals surface area contributed by atoms with Crippen molar-refractivity contribution in [1.82, 2.24) is 0 Å². The Morgan fingerprint density at radius 3 is 1.31 bits per heavy atom. The fourth-order valence-electron chi connectivity index (χ4n) is 6.55. The quantitative estimate of drug-likeness (QED) is 0.351. The molecule has 0 fully saturated rings. The third-order valence-corrected chi connectivity index (χ3v) is 21.6. The van der Waals surface area contributed by atoms with E-state index < -0.39 is 13.3 Å². The number of benzene rings is 4. The van der Waals surface area contributed by atoms with Crippen LogP contribution in [0.1, 0.15) is 38.8 Å². The second-order valence-corrected chi connectivity index (χ2v) is 20.3. The van der Waals surface area contributed by atoms with Gasteiger partial charge in [-0.15, -0.1) is 0 Å². The van der Waals surface area contributed by atoms with Crippen molar-refractivity contribution in [1.29, 1.82) is 0 Å². The molecule has 0 aromatic heterocycles. The maximum absolute atomic E-state index is 3.06. The van der Waals surface area contributed by atoms with Crippen LogP contribution in [-0.4, -0.2) is 13.3 Å².